The summed E-state index contributed by atoms with van der Waals surface area (Å²) in [6, 6.07) is 9.95. The molecule has 2 aromatic carbocycles. The van der Waals surface area contributed by atoms with Crippen LogP contribution >= 0.6 is 0 Å². The molecule has 1 aromatic heterocycles. The predicted octanol–water partition coefficient (Wildman–Crippen LogP) is 3.31. The van der Waals surface area contributed by atoms with Crippen LogP contribution in [0.15, 0.2) is 47.0 Å². The van der Waals surface area contributed by atoms with Crippen LogP contribution in [0.3, 0.4) is 0 Å². The maximum absolute atomic E-state index is 13.6. The zero-order valence-corrected chi connectivity index (χ0v) is 10.8. The van der Waals surface area contributed by atoms with Crippen LogP contribution in [0.5, 0.6) is 5.75 Å². The Morgan fingerprint density at radius 1 is 1.05 bits per heavy atom. The van der Waals surface area contributed by atoms with Crippen molar-refractivity contribution in [1.29, 1.82) is 0 Å². The Kier molecular flexibility index (Phi) is 3.35. The third-order valence-corrected chi connectivity index (χ3v) is 2.96. The van der Waals surface area contributed by atoms with E-state index < -0.39 is 11.6 Å². The van der Waals surface area contributed by atoms with E-state index in [1.165, 1.54) is 30.3 Å². The lowest BCUT2D eigenvalue weighted by Crippen LogP contribution is -1.97. The van der Waals surface area contributed by atoms with Crippen LogP contribution in [-0.4, -0.2) is 15.2 Å². The van der Waals surface area contributed by atoms with Gasteiger partial charge < -0.3 is 9.63 Å². The Labute approximate surface area is 118 Å². The molecular formula is C15H10F2N2O2. The van der Waals surface area contributed by atoms with E-state index >= 15 is 0 Å². The summed E-state index contributed by atoms with van der Waals surface area (Å²) in [7, 11) is 0. The number of phenols is 1. The molecule has 0 aliphatic rings. The van der Waals surface area contributed by atoms with E-state index in [9.17, 15) is 13.9 Å². The molecule has 1 N–H and O–H groups in total. The summed E-state index contributed by atoms with van der Waals surface area (Å²) in [6.45, 7) is 0. The molecular weight excluding hydrogens is 278 g/mol. The van der Waals surface area contributed by atoms with Crippen LogP contribution in [0.1, 0.15) is 11.5 Å². The molecule has 0 aliphatic heterocycles. The lowest BCUT2D eigenvalue weighted by Gasteiger charge is -2.00. The largest absolute Gasteiger partial charge is 0.508 e. The highest BCUT2D eigenvalue weighted by molar-refractivity contribution is 5.56. The lowest BCUT2D eigenvalue weighted by atomic mass is 10.1. The number of halogens is 2. The second-order valence-corrected chi connectivity index (χ2v) is 4.44. The van der Waals surface area contributed by atoms with Crippen molar-refractivity contribution >= 4 is 0 Å². The van der Waals surface area contributed by atoms with E-state index in [1.807, 2.05) is 0 Å². The van der Waals surface area contributed by atoms with Gasteiger partial charge in [-0.25, -0.2) is 8.78 Å². The topological polar surface area (TPSA) is 59.2 Å². The summed E-state index contributed by atoms with van der Waals surface area (Å²) in [5, 5.41) is 13.1. The van der Waals surface area contributed by atoms with Gasteiger partial charge in [0.15, 0.2) is 0 Å². The zero-order chi connectivity index (χ0) is 14.8. The van der Waals surface area contributed by atoms with E-state index in [0.29, 0.717) is 5.56 Å². The monoisotopic (exact) mass is 288 g/mol. The molecule has 0 atom stereocenters. The number of benzene rings is 2. The van der Waals surface area contributed by atoms with Gasteiger partial charge in [0, 0.05) is 11.1 Å². The highest BCUT2D eigenvalue weighted by Crippen LogP contribution is 2.22. The predicted molar refractivity (Wildman–Crippen MR) is 70.6 cm³/mol. The molecule has 0 saturated heterocycles. The van der Waals surface area contributed by atoms with Crippen LogP contribution < -0.4 is 0 Å². The van der Waals surface area contributed by atoms with Crippen molar-refractivity contribution in [3.63, 3.8) is 0 Å². The SMILES string of the molecule is Oc1cccc(-c2noc(Cc3c(F)cccc3F)n2)c1. The molecule has 106 valence electrons. The first-order chi connectivity index (χ1) is 10.1. The fraction of sp³-hybridized carbons (Fsp3) is 0.0667. The molecule has 0 aliphatic carbocycles. The molecule has 0 spiro atoms. The molecule has 3 rings (SSSR count). The van der Waals surface area contributed by atoms with Crippen molar-refractivity contribution in [3.8, 4) is 17.1 Å². The van der Waals surface area contributed by atoms with E-state index in [0.717, 1.165) is 0 Å². The Bertz CT molecular complexity index is 767. The minimum Gasteiger partial charge on any atom is -0.508 e. The van der Waals surface area contributed by atoms with Crippen LogP contribution in [0.4, 0.5) is 8.78 Å². The fourth-order valence-electron chi connectivity index (χ4n) is 1.94. The van der Waals surface area contributed by atoms with Crippen molar-refractivity contribution < 1.29 is 18.4 Å². The molecule has 0 amide bonds. The molecule has 0 unspecified atom stereocenters. The number of aromatic nitrogens is 2. The molecule has 0 fully saturated rings. The zero-order valence-electron chi connectivity index (χ0n) is 10.8. The number of phenolic OH excluding ortho intramolecular Hbond substituents is 1. The highest BCUT2D eigenvalue weighted by atomic mass is 19.1. The van der Waals surface area contributed by atoms with Crippen molar-refractivity contribution in [3.05, 3.63) is 65.6 Å². The van der Waals surface area contributed by atoms with Gasteiger partial charge in [0.25, 0.3) is 0 Å². The third kappa shape index (κ3) is 2.74. The van der Waals surface area contributed by atoms with Gasteiger partial charge >= 0.3 is 0 Å². The van der Waals surface area contributed by atoms with Crippen molar-refractivity contribution in [1.82, 2.24) is 10.1 Å². The van der Waals surface area contributed by atoms with E-state index in [4.69, 9.17) is 4.52 Å². The first-order valence-corrected chi connectivity index (χ1v) is 6.18. The molecule has 0 saturated carbocycles. The summed E-state index contributed by atoms with van der Waals surface area (Å²) in [4.78, 5) is 4.08. The van der Waals surface area contributed by atoms with E-state index in [2.05, 4.69) is 10.1 Å². The van der Waals surface area contributed by atoms with Crippen LogP contribution in [0, 0.1) is 11.6 Å². The Balaban J connectivity index is 1.89. The second-order valence-electron chi connectivity index (χ2n) is 4.44. The number of nitrogens with zero attached hydrogens (tertiary/aromatic N) is 2. The Hall–Kier alpha value is -2.76. The Morgan fingerprint density at radius 2 is 1.76 bits per heavy atom. The van der Waals surface area contributed by atoms with Gasteiger partial charge in [-0.2, -0.15) is 4.98 Å². The number of hydrogen-bond donors (Lipinski definition) is 1. The molecule has 21 heavy (non-hydrogen) atoms. The van der Waals surface area contributed by atoms with Crippen molar-refractivity contribution in [2.24, 2.45) is 0 Å². The number of hydrogen-bond acceptors (Lipinski definition) is 4. The minimum atomic E-state index is -0.660. The van der Waals surface area contributed by atoms with Gasteiger partial charge in [0.1, 0.15) is 17.4 Å². The number of rotatable bonds is 3. The molecule has 1 heterocycles. The smallest absolute Gasteiger partial charge is 0.231 e. The van der Waals surface area contributed by atoms with Gasteiger partial charge in [0.2, 0.25) is 11.7 Å². The normalized spacial score (nSPS) is 10.8. The summed E-state index contributed by atoms with van der Waals surface area (Å²) in [5.41, 5.74) is 0.433. The molecule has 0 radical (unpaired) electrons. The van der Waals surface area contributed by atoms with Gasteiger partial charge in [-0.1, -0.05) is 23.4 Å². The standard InChI is InChI=1S/C15H10F2N2O2/c16-12-5-2-6-13(17)11(12)8-14-18-15(19-21-14)9-3-1-4-10(20)7-9/h1-7,20H,8H2. The van der Waals surface area contributed by atoms with E-state index in [1.54, 1.807) is 12.1 Å². The third-order valence-electron chi connectivity index (χ3n) is 2.96. The molecule has 4 nitrogen and oxygen atoms in total. The second kappa shape index (κ2) is 5.32. The van der Waals surface area contributed by atoms with Gasteiger partial charge in [0.05, 0.1) is 6.42 Å². The van der Waals surface area contributed by atoms with Gasteiger partial charge in [-0.05, 0) is 24.3 Å². The van der Waals surface area contributed by atoms with Crippen LogP contribution in [-0.2, 0) is 6.42 Å². The summed E-state index contributed by atoms with van der Waals surface area (Å²) >= 11 is 0. The van der Waals surface area contributed by atoms with Crippen LogP contribution in [0.25, 0.3) is 11.4 Å². The molecule has 0 bridgehead atoms. The maximum Gasteiger partial charge on any atom is 0.231 e. The minimum absolute atomic E-state index is 0.0685. The summed E-state index contributed by atoms with van der Waals surface area (Å²) in [6.07, 6.45) is -0.135. The van der Waals surface area contributed by atoms with Crippen molar-refractivity contribution in [2.75, 3.05) is 0 Å². The van der Waals surface area contributed by atoms with E-state index in [-0.39, 0.29) is 29.4 Å². The molecule has 3 aromatic rings. The average molecular weight is 288 g/mol. The van der Waals surface area contributed by atoms with Crippen LogP contribution in [0.2, 0.25) is 0 Å². The summed E-state index contributed by atoms with van der Waals surface area (Å²) in [5.74, 6) is -0.909. The highest BCUT2D eigenvalue weighted by Gasteiger charge is 2.14. The summed E-state index contributed by atoms with van der Waals surface area (Å²) < 4.78 is 32.1. The van der Waals surface area contributed by atoms with Gasteiger partial charge in [-0.3, -0.25) is 0 Å². The average Bonchev–Trinajstić information content (AvgIpc) is 2.92. The fourth-order valence-corrected chi connectivity index (χ4v) is 1.94. The first-order valence-electron chi connectivity index (χ1n) is 6.18. The van der Waals surface area contributed by atoms with Crippen molar-refractivity contribution in [2.45, 2.75) is 6.42 Å². The number of aromatic hydroxyl groups is 1. The first kappa shape index (κ1) is 13.2. The lowest BCUT2D eigenvalue weighted by molar-refractivity contribution is 0.382. The van der Waals surface area contributed by atoms with Gasteiger partial charge in [-0.15, -0.1) is 0 Å². The molecule has 6 heteroatoms. The quantitative estimate of drug-likeness (QED) is 0.803. The Morgan fingerprint density at radius 3 is 2.48 bits per heavy atom. The maximum atomic E-state index is 13.6.